The van der Waals surface area contributed by atoms with Crippen molar-refractivity contribution in [1.82, 2.24) is 20.4 Å². The summed E-state index contributed by atoms with van der Waals surface area (Å²) < 4.78 is 6.11. The summed E-state index contributed by atoms with van der Waals surface area (Å²) in [7, 11) is 0. The van der Waals surface area contributed by atoms with E-state index in [4.69, 9.17) is 16.3 Å². The number of aromatic nitrogens is 4. The first kappa shape index (κ1) is 22.5. The molecule has 0 saturated carbocycles. The fraction of sp³-hybridized carbons (Fsp3) is 0.182. The molecule has 9 heteroatoms. The Bertz CT molecular complexity index is 1230. The Balaban J connectivity index is 0.00000272. The van der Waals surface area contributed by atoms with Crippen LogP contribution in [0.1, 0.15) is 39.6 Å². The molecule has 31 heavy (non-hydrogen) atoms. The van der Waals surface area contributed by atoms with Gasteiger partial charge in [0.1, 0.15) is 12.4 Å². The molecule has 0 aliphatic heterocycles. The third-order valence-corrected chi connectivity index (χ3v) is 5.39. The van der Waals surface area contributed by atoms with Gasteiger partial charge in [0.2, 0.25) is 0 Å². The van der Waals surface area contributed by atoms with Crippen molar-refractivity contribution in [3.8, 4) is 5.75 Å². The molecule has 0 unspecified atom stereocenters. The van der Waals surface area contributed by atoms with Gasteiger partial charge in [0.15, 0.2) is 0 Å². The van der Waals surface area contributed by atoms with Gasteiger partial charge in [-0.25, -0.2) is 0 Å². The van der Waals surface area contributed by atoms with Crippen molar-refractivity contribution in [2.45, 2.75) is 26.4 Å². The van der Waals surface area contributed by atoms with Crippen molar-refractivity contribution in [3.05, 3.63) is 108 Å². The van der Waals surface area contributed by atoms with Gasteiger partial charge in [-0.1, -0.05) is 41.9 Å². The summed E-state index contributed by atoms with van der Waals surface area (Å²) >= 11 is 5.96. The maximum absolute atomic E-state index is 12.6. The van der Waals surface area contributed by atoms with Crippen LogP contribution >= 0.6 is 24.0 Å². The lowest BCUT2D eigenvalue weighted by atomic mass is 9.85. The van der Waals surface area contributed by atoms with Gasteiger partial charge >= 0.3 is 0 Å². The number of hydrogen-bond donors (Lipinski definition) is 4. The van der Waals surface area contributed by atoms with E-state index in [1.807, 2.05) is 36.4 Å². The van der Waals surface area contributed by atoms with E-state index >= 15 is 0 Å². The molecule has 0 radical (unpaired) electrons. The third-order valence-electron chi connectivity index (χ3n) is 5.14. The van der Waals surface area contributed by atoms with Crippen LogP contribution in [0, 0.1) is 13.8 Å². The average Bonchev–Trinajstić information content (AvgIpc) is 3.25. The molecule has 162 valence electrons. The van der Waals surface area contributed by atoms with Crippen molar-refractivity contribution < 1.29 is 4.74 Å². The quantitative estimate of drug-likeness (QED) is 0.346. The molecule has 4 aromatic rings. The van der Waals surface area contributed by atoms with Crippen LogP contribution in [0.15, 0.2) is 58.1 Å². The molecule has 0 saturated heterocycles. The predicted molar refractivity (Wildman–Crippen MR) is 123 cm³/mol. The minimum atomic E-state index is -0.601. The predicted octanol–water partition coefficient (Wildman–Crippen LogP) is 4.17. The highest BCUT2D eigenvalue weighted by molar-refractivity contribution is 6.30. The monoisotopic (exact) mass is 460 g/mol. The second kappa shape index (κ2) is 9.32. The summed E-state index contributed by atoms with van der Waals surface area (Å²) in [6.07, 6.45) is 0. The zero-order valence-corrected chi connectivity index (χ0v) is 18.5. The number of para-hydroxylation sites is 1. The number of halogens is 2. The summed E-state index contributed by atoms with van der Waals surface area (Å²) in [5.74, 6) is -0.00568. The number of hydrogen-bond acceptors (Lipinski definition) is 3. The van der Waals surface area contributed by atoms with Gasteiger partial charge in [0.05, 0.1) is 17.0 Å². The highest BCUT2D eigenvalue weighted by Gasteiger charge is 2.30. The number of aromatic amines is 4. The molecule has 0 atom stereocenters. The minimum Gasteiger partial charge on any atom is -0.489 e. The van der Waals surface area contributed by atoms with Crippen LogP contribution < -0.4 is 15.9 Å². The summed E-state index contributed by atoms with van der Waals surface area (Å²) in [6, 6.07) is 14.8. The molecule has 2 aromatic carbocycles. The van der Waals surface area contributed by atoms with E-state index in [0.29, 0.717) is 39.9 Å². The molecule has 4 N–H and O–H groups in total. The number of aryl methyl sites for hydroxylation is 2. The van der Waals surface area contributed by atoms with Crippen LogP contribution in [0.4, 0.5) is 0 Å². The van der Waals surface area contributed by atoms with Crippen LogP contribution in [0.2, 0.25) is 5.02 Å². The number of rotatable bonds is 6. The molecule has 2 heterocycles. The second-order valence-corrected chi connectivity index (χ2v) is 7.56. The minimum absolute atomic E-state index is 0. The van der Waals surface area contributed by atoms with Gasteiger partial charge in [-0.3, -0.25) is 19.8 Å². The van der Waals surface area contributed by atoms with Crippen LogP contribution in [-0.4, -0.2) is 20.4 Å². The summed E-state index contributed by atoms with van der Waals surface area (Å²) in [5, 5.41) is 11.6. The van der Waals surface area contributed by atoms with Crippen LogP contribution in [0.5, 0.6) is 5.75 Å². The van der Waals surface area contributed by atoms with Crippen molar-refractivity contribution in [2.24, 2.45) is 0 Å². The zero-order chi connectivity index (χ0) is 21.3. The van der Waals surface area contributed by atoms with Crippen LogP contribution in [-0.2, 0) is 6.61 Å². The van der Waals surface area contributed by atoms with Crippen molar-refractivity contribution >= 4 is 24.0 Å². The summed E-state index contributed by atoms with van der Waals surface area (Å²) in [6.45, 7) is 3.92. The van der Waals surface area contributed by atoms with E-state index in [-0.39, 0.29) is 23.5 Å². The van der Waals surface area contributed by atoms with Crippen LogP contribution in [0.3, 0.4) is 0 Å². The first-order valence-corrected chi connectivity index (χ1v) is 9.84. The largest absolute Gasteiger partial charge is 0.489 e. The maximum Gasteiger partial charge on any atom is 0.268 e. The average molecular weight is 461 g/mol. The number of nitrogens with one attached hydrogen (secondary N) is 4. The SMILES string of the molecule is Cc1[nH][nH]c(=O)c1C(c1ccccc1OCc1ccc(Cl)cc1)c1c(C)[nH][nH]c1=O.Cl. The molecule has 0 bridgehead atoms. The van der Waals surface area contributed by atoms with Gasteiger partial charge in [-0.05, 0) is 37.6 Å². The van der Waals surface area contributed by atoms with E-state index in [0.717, 1.165) is 11.1 Å². The second-order valence-electron chi connectivity index (χ2n) is 7.12. The highest BCUT2D eigenvalue weighted by atomic mass is 35.5. The maximum atomic E-state index is 12.6. The van der Waals surface area contributed by atoms with E-state index in [2.05, 4.69) is 20.4 Å². The molecular formula is C22H22Cl2N4O3. The summed E-state index contributed by atoms with van der Waals surface area (Å²) in [4.78, 5) is 25.3. The number of H-pyrrole nitrogens is 4. The Morgan fingerprint density at radius 1 is 0.839 bits per heavy atom. The first-order chi connectivity index (χ1) is 14.5. The molecule has 0 amide bonds. The molecule has 0 spiro atoms. The fourth-order valence-electron chi connectivity index (χ4n) is 3.65. The van der Waals surface area contributed by atoms with E-state index in [9.17, 15) is 9.59 Å². The lowest BCUT2D eigenvalue weighted by molar-refractivity contribution is 0.302. The standard InChI is InChI=1S/C22H21ClN4O3.ClH/c1-12-18(21(28)26-24-12)20(19-13(2)25-27-22(19)29)16-5-3-4-6-17(16)30-11-14-7-9-15(23)10-8-14;/h3-10,20H,11H2,1-2H3,(H2,24,26,28)(H2,25,27,29);1H. The zero-order valence-electron chi connectivity index (χ0n) is 16.9. The Kier molecular flexibility index (Phi) is 6.77. The molecular weight excluding hydrogens is 439 g/mol. The van der Waals surface area contributed by atoms with Gasteiger partial charge in [-0.2, -0.15) is 0 Å². The Morgan fingerprint density at radius 2 is 1.39 bits per heavy atom. The fourth-order valence-corrected chi connectivity index (χ4v) is 3.78. The molecule has 0 aliphatic carbocycles. The lowest BCUT2D eigenvalue weighted by Gasteiger charge is -2.20. The molecule has 2 aromatic heterocycles. The Hall–Kier alpha value is -3.16. The lowest BCUT2D eigenvalue weighted by Crippen LogP contribution is -2.21. The molecule has 0 aliphatic rings. The topological polar surface area (TPSA) is 107 Å². The molecule has 7 nitrogen and oxygen atoms in total. The molecule has 4 rings (SSSR count). The Labute approximate surface area is 189 Å². The smallest absolute Gasteiger partial charge is 0.268 e. The van der Waals surface area contributed by atoms with Gasteiger partial charge in [-0.15, -0.1) is 12.4 Å². The normalized spacial score (nSPS) is 10.8. The number of benzene rings is 2. The van der Waals surface area contributed by atoms with Crippen molar-refractivity contribution in [3.63, 3.8) is 0 Å². The van der Waals surface area contributed by atoms with E-state index in [1.54, 1.807) is 26.0 Å². The number of ether oxygens (including phenoxy) is 1. The van der Waals surface area contributed by atoms with E-state index < -0.39 is 5.92 Å². The van der Waals surface area contributed by atoms with E-state index in [1.165, 1.54) is 0 Å². The highest BCUT2D eigenvalue weighted by Crippen LogP contribution is 2.36. The van der Waals surface area contributed by atoms with Crippen LogP contribution in [0.25, 0.3) is 0 Å². The Morgan fingerprint density at radius 3 is 1.90 bits per heavy atom. The van der Waals surface area contributed by atoms with Gasteiger partial charge in [0.25, 0.3) is 11.1 Å². The van der Waals surface area contributed by atoms with Gasteiger partial charge < -0.3 is 14.9 Å². The van der Waals surface area contributed by atoms with Crippen molar-refractivity contribution in [2.75, 3.05) is 0 Å². The first-order valence-electron chi connectivity index (χ1n) is 9.46. The molecule has 0 fully saturated rings. The summed E-state index contributed by atoms with van der Waals surface area (Å²) in [5.41, 5.74) is 3.42. The van der Waals surface area contributed by atoms with Gasteiger partial charge in [0, 0.05) is 22.0 Å². The third kappa shape index (κ3) is 4.47. The van der Waals surface area contributed by atoms with Crippen molar-refractivity contribution in [1.29, 1.82) is 0 Å².